The van der Waals surface area contributed by atoms with Crippen LogP contribution in [0.25, 0.3) is 0 Å². The first-order valence-corrected chi connectivity index (χ1v) is 8.18. The topological polar surface area (TPSA) is 54.3 Å². The van der Waals surface area contributed by atoms with Gasteiger partial charge in [0.1, 0.15) is 12.3 Å². The minimum atomic E-state index is -0.0995. The Kier molecular flexibility index (Phi) is 4.83. The van der Waals surface area contributed by atoms with Crippen molar-refractivity contribution in [1.29, 1.82) is 0 Å². The first kappa shape index (κ1) is 15.4. The number of ether oxygens (including phenoxy) is 1. The summed E-state index contributed by atoms with van der Waals surface area (Å²) in [5.74, 6) is 0.590. The second-order valence-corrected chi connectivity index (χ2v) is 6.23. The molecular weight excluding hydrogens is 310 g/mol. The molecule has 0 unspecified atom stereocenters. The van der Waals surface area contributed by atoms with Crippen LogP contribution in [-0.4, -0.2) is 24.0 Å². The second kappa shape index (κ2) is 7.19. The van der Waals surface area contributed by atoms with Crippen molar-refractivity contribution >= 4 is 17.2 Å². The molecule has 0 saturated carbocycles. The van der Waals surface area contributed by atoms with Crippen molar-refractivity contribution in [1.82, 2.24) is 4.90 Å². The molecule has 118 valence electrons. The Hall–Kier alpha value is -2.47. The van der Waals surface area contributed by atoms with E-state index in [4.69, 9.17) is 4.74 Å². The molecule has 0 saturated heterocycles. The number of carbonyl (C=O) groups is 1. The van der Waals surface area contributed by atoms with Gasteiger partial charge in [-0.15, -0.1) is 11.3 Å². The summed E-state index contributed by atoms with van der Waals surface area (Å²) in [6.45, 7) is 2.95. The third-order valence-electron chi connectivity index (χ3n) is 3.45. The van der Waals surface area contributed by atoms with Gasteiger partial charge < -0.3 is 9.64 Å². The quantitative estimate of drug-likeness (QED) is 0.811. The maximum absolute atomic E-state index is 12.6. The number of hydrogen-bond acceptors (Lipinski definition) is 5. The van der Waals surface area contributed by atoms with Crippen molar-refractivity contribution in [3.63, 3.8) is 0 Å². The molecule has 0 aliphatic carbocycles. The summed E-state index contributed by atoms with van der Waals surface area (Å²) >= 11 is 1.62. The molecule has 1 amide bonds. The maximum Gasteiger partial charge on any atom is 0.265 e. The summed E-state index contributed by atoms with van der Waals surface area (Å²) in [6, 6.07) is 11.6. The number of rotatable bonds is 6. The van der Waals surface area contributed by atoms with E-state index in [0.29, 0.717) is 18.8 Å². The van der Waals surface area contributed by atoms with E-state index in [-0.39, 0.29) is 12.5 Å². The van der Waals surface area contributed by atoms with Crippen molar-refractivity contribution in [2.75, 3.05) is 13.2 Å². The zero-order valence-electron chi connectivity index (χ0n) is 12.8. The number of amides is 1. The summed E-state index contributed by atoms with van der Waals surface area (Å²) in [5.41, 5.74) is 1.96. The van der Waals surface area contributed by atoms with Gasteiger partial charge in [0.2, 0.25) is 0 Å². The highest BCUT2D eigenvalue weighted by Crippen LogP contribution is 2.19. The number of benzene rings is 1. The number of carbonyl (C=O) groups excluding carboxylic acids is 1. The van der Waals surface area contributed by atoms with Crippen LogP contribution < -0.4 is 4.74 Å². The number of aryl methyl sites for hydroxylation is 1. The number of nitrogens with zero attached hydrogens (tertiary/aromatic N) is 3. The fourth-order valence-electron chi connectivity index (χ4n) is 2.18. The van der Waals surface area contributed by atoms with E-state index in [1.807, 2.05) is 48.7 Å². The van der Waals surface area contributed by atoms with Gasteiger partial charge in [-0.3, -0.25) is 4.79 Å². The molecule has 2 aromatic rings. The fraction of sp³-hybridized carbons (Fsp3) is 0.235. The van der Waals surface area contributed by atoms with Crippen molar-refractivity contribution in [3.8, 4) is 5.75 Å². The number of hydrogen-bond donors (Lipinski definition) is 0. The van der Waals surface area contributed by atoms with Crippen LogP contribution in [0.5, 0.6) is 5.75 Å². The van der Waals surface area contributed by atoms with Crippen LogP contribution in [0.4, 0.5) is 0 Å². The van der Waals surface area contributed by atoms with Crippen molar-refractivity contribution in [2.45, 2.75) is 13.5 Å². The van der Waals surface area contributed by atoms with E-state index < -0.39 is 0 Å². The average molecular weight is 327 g/mol. The Labute approximate surface area is 138 Å². The molecule has 1 aromatic carbocycles. The molecule has 23 heavy (non-hydrogen) atoms. The van der Waals surface area contributed by atoms with E-state index in [0.717, 1.165) is 16.1 Å². The van der Waals surface area contributed by atoms with Gasteiger partial charge in [-0.1, -0.05) is 23.8 Å². The molecule has 6 heteroatoms. The molecular formula is C17H17N3O2S. The highest BCUT2D eigenvalue weighted by Gasteiger charge is 2.21. The standard InChI is InChI=1S/C17H17N3O2S/c1-13-4-6-15(7-5-13)22-12-17(21)20(14-9-18-19-10-14)11-16-3-2-8-23-16/h2-9H,10-12H2,1H3. The lowest BCUT2D eigenvalue weighted by Gasteiger charge is -2.22. The Morgan fingerprint density at radius 3 is 2.78 bits per heavy atom. The Balaban J connectivity index is 1.66. The first-order valence-electron chi connectivity index (χ1n) is 7.30. The molecule has 0 radical (unpaired) electrons. The lowest BCUT2D eigenvalue weighted by Crippen LogP contribution is -2.34. The van der Waals surface area contributed by atoms with Gasteiger partial charge in [0.15, 0.2) is 6.61 Å². The lowest BCUT2D eigenvalue weighted by atomic mass is 10.2. The molecule has 1 aliphatic heterocycles. The third-order valence-corrected chi connectivity index (χ3v) is 4.31. The largest absolute Gasteiger partial charge is 0.484 e. The van der Waals surface area contributed by atoms with E-state index in [2.05, 4.69) is 10.2 Å². The molecule has 0 bridgehead atoms. The summed E-state index contributed by atoms with van der Waals surface area (Å²) < 4.78 is 5.61. The Morgan fingerprint density at radius 1 is 1.30 bits per heavy atom. The van der Waals surface area contributed by atoms with Gasteiger partial charge in [-0.05, 0) is 30.5 Å². The lowest BCUT2D eigenvalue weighted by molar-refractivity contribution is -0.131. The van der Waals surface area contributed by atoms with Crippen molar-refractivity contribution in [3.05, 3.63) is 64.1 Å². The van der Waals surface area contributed by atoms with Crippen LogP contribution in [0.15, 0.2) is 63.9 Å². The molecule has 1 aliphatic rings. The minimum absolute atomic E-state index is 0.00816. The van der Waals surface area contributed by atoms with Crippen molar-refractivity contribution < 1.29 is 9.53 Å². The Morgan fingerprint density at radius 2 is 2.13 bits per heavy atom. The van der Waals surface area contributed by atoms with E-state index >= 15 is 0 Å². The zero-order valence-corrected chi connectivity index (χ0v) is 13.6. The number of azo groups is 1. The van der Waals surface area contributed by atoms with E-state index in [9.17, 15) is 4.79 Å². The van der Waals surface area contributed by atoms with Crippen LogP contribution in [0.3, 0.4) is 0 Å². The molecule has 5 nitrogen and oxygen atoms in total. The molecule has 1 aromatic heterocycles. The van der Waals surface area contributed by atoms with Crippen molar-refractivity contribution in [2.24, 2.45) is 10.2 Å². The predicted molar refractivity (Wildman–Crippen MR) is 89.3 cm³/mol. The van der Waals surface area contributed by atoms with E-state index in [1.165, 1.54) is 0 Å². The minimum Gasteiger partial charge on any atom is -0.484 e. The van der Waals surface area contributed by atoms with Crippen LogP contribution in [0.1, 0.15) is 10.4 Å². The SMILES string of the molecule is Cc1ccc(OCC(=O)N(Cc2cccs2)C2=CN=NC2)cc1. The van der Waals surface area contributed by atoms with Gasteiger partial charge in [0.05, 0.1) is 18.4 Å². The van der Waals surface area contributed by atoms with Gasteiger partial charge in [0.25, 0.3) is 5.91 Å². The monoisotopic (exact) mass is 327 g/mol. The summed E-state index contributed by atoms with van der Waals surface area (Å²) in [7, 11) is 0. The average Bonchev–Trinajstić information content (AvgIpc) is 3.25. The molecule has 0 atom stereocenters. The predicted octanol–water partition coefficient (Wildman–Crippen LogP) is 3.77. The highest BCUT2D eigenvalue weighted by molar-refractivity contribution is 7.09. The molecule has 0 fully saturated rings. The zero-order chi connectivity index (χ0) is 16.1. The molecule has 3 rings (SSSR count). The van der Waals surface area contributed by atoms with Crippen LogP contribution in [0.2, 0.25) is 0 Å². The second-order valence-electron chi connectivity index (χ2n) is 5.20. The maximum atomic E-state index is 12.6. The molecule has 0 N–H and O–H groups in total. The van der Waals surface area contributed by atoms with Gasteiger partial charge in [0, 0.05) is 4.88 Å². The van der Waals surface area contributed by atoms with E-state index in [1.54, 1.807) is 22.4 Å². The van der Waals surface area contributed by atoms with Crippen LogP contribution in [-0.2, 0) is 11.3 Å². The summed E-state index contributed by atoms with van der Waals surface area (Å²) in [5, 5.41) is 9.78. The molecule has 0 spiro atoms. The fourth-order valence-corrected chi connectivity index (χ4v) is 2.88. The van der Waals surface area contributed by atoms with Gasteiger partial charge in [-0.25, -0.2) is 0 Å². The summed E-state index contributed by atoms with van der Waals surface area (Å²) in [4.78, 5) is 15.4. The van der Waals surface area contributed by atoms with Gasteiger partial charge in [-0.2, -0.15) is 10.2 Å². The third kappa shape index (κ3) is 4.04. The normalized spacial score (nSPS) is 13.0. The first-order chi connectivity index (χ1) is 11.2. The number of thiophene rings is 1. The smallest absolute Gasteiger partial charge is 0.265 e. The van der Waals surface area contributed by atoms with Crippen LogP contribution >= 0.6 is 11.3 Å². The Bertz CT molecular complexity index is 721. The molecule has 2 heterocycles. The van der Waals surface area contributed by atoms with Crippen LogP contribution in [0, 0.1) is 6.92 Å². The highest BCUT2D eigenvalue weighted by atomic mass is 32.1. The summed E-state index contributed by atoms with van der Waals surface area (Å²) in [6.07, 6.45) is 1.64. The van der Waals surface area contributed by atoms with Gasteiger partial charge >= 0.3 is 0 Å².